The first kappa shape index (κ1) is 28.6. The summed E-state index contributed by atoms with van der Waals surface area (Å²) in [4.78, 5) is 14.9. The number of unbranched alkanes of at least 4 members (excludes halogenated alkanes) is 1. The number of hydrogen-bond acceptors (Lipinski definition) is 7. The number of methoxy groups -OCH3 is 4. The van der Waals surface area contributed by atoms with E-state index < -0.39 is 0 Å². The second-order valence-electron chi connectivity index (χ2n) is 8.37. The monoisotopic (exact) mass is 507 g/mol. The van der Waals surface area contributed by atoms with Crippen LogP contribution in [0.3, 0.4) is 0 Å². The Morgan fingerprint density at radius 2 is 1.51 bits per heavy atom. The molecule has 1 unspecified atom stereocenters. The van der Waals surface area contributed by atoms with E-state index in [2.05, 4.69) is 11.8 Å². The van der Waals surface area contributed by atoms with E-state index in [1.54, 1.807) is 46.6 Å². The molecule has 0 amide bonds. The van der Waals surface area contributed by atoms with Crippen LogP contribution in [0.5, 0.6) is 23.0 Å². The molecule has 0 aromatic heterocycles. The number of ether oxygens (including phenoxy) is 5. The molecule has 2 aromatic carbocycles. The number of nitrogens with zero attached hydrogens (tertiary/aromatic N) is 1. The molecule has 0 aliphatic heterocycles. The van der Waals surface area contributed by atoms with Gasteiger partial charge < -0.3 is 28.6 Å². The van der Waals surface area contributed by atoms with Crippen molar-refractivity contribution >= 4 is 18.4 Å². The van der Waals surface area contributed by atoms with E-state index in [0.29, 0.717) is 29.7 Å². The second kappa shape index (κ2) is 14.0. The topological polar surface area (TPSA) is 66.5 Å². The van der Waals surface area contributed by atoms with Crippen LogP contribution in [0.2, 0.25) is 0 Å². The Kier molecular flexibility index (Phi) is 11.5. The molecule has 1 aliphatic rings. The Hall–Kier alpha value is -2.64. The number of halogens is 1. The molecule has 35 heavy (non-hydrogen) atoms. The largest absolute Gasteiger partial charge is 0.496 e. The Balaban J connectivity index is 0.00000432. The number of hydrogen-bond donors (Lipinski definition) is 0. The maximum absolute atomic E-state index is 12.4. The molecule has 1 aliphatic carbocycles. The van der Waals surface area contributed by atoms with Gasteiger partial charge in [0, 0.05) is 17.2 Å². The summed E-state index contributed by atoms with van der Waals surface area (Å²) < 4.78 is 27.2. The molecule has 0 N–H and O–H groups in total. The van der Waals surface area contributed by atoms with Gasteiger partial charge in [-0.3, -0.25) is 0 Å². The van der Waals surface area contributed by atoms with Gasteiger partial charge in [0.1, 0.15) is 11.5 Å². The lowest BCUT2D eigenvalue weighted by atomic mass is 9.86. The highest BCUT2D eigenvalue weighted by Crippen LogP contribution is 2.37. The zero-order valence-electron chi connectivity index (χ0n) is 21.4. The van der Waals surface area contributed by atoms with Gasteiger partial charge in [0.25, 0.3) is 0 Å². The molecule has 7 nitrogen and oxygen atoms in total. The molecular formula is C27H38ClNO6. The molecule has 8 heteroatoms. The molecule has 0 saturated carbocycles. The van der Waals surface area contributed by atoms with Crippen molar-refractivity contribution in [3.63, 3.8) is 0 Å². The number of fused-ring (bicyclic) bond motifs is 1. The average molecular weight is 508 g/mol. The van der Waals surface area contributed by atoms with Crippen LogP contribution in [0.1, 0.15) is 47.7 Å². The third-order valence-electron chi connectivity index (χ3n) is 6.57. The maximum atomic E-state index is 12.4. The van der Waals surface area contributed by atoms with Gasteiger partial charge in [0.2, 0.25) is 0 Å². The highest BCUT2D eigenvalue weighted by molar-refractivity contribution is 5.90. The van der Waals surface area contributed by atoms with E-state index in [1.165, 1.54) is 11.1 Å². The third kappa shape index (κ3) is 6.95. The Bertz CT molecular complexity index is 967. The highest BCUT2D eigenvalue weighted by Gasteiger charge is 2.27. The Morgan fingerprint density at radius 3 is 2.14 bits per heavy atom. The summed E-state index contributed by atoms with van der Waals surface area (Å²) >= 11 is 0. The molecule has 0 radical (unpaired) electrons. The number of esters is 1. The van der Waals surface area contributed by atoms with E-state index in [0.717, 1.165) is 56.7 Å². The molecule has 1 atom stereocenters. The first-order valence-corrected chi connectivity index (χ1v) is 11.9. The van der Waals surface area contributed by atoms with Crippen LogP contribution >= 0.6 is 12.4 Å². The zero-order chi connectivity index (χ0) is 24.5. The summed E-state index contributed by atoms with van der Waals surface area (Å²) in [5, 5.41) is 0. The standard InChI is InChI=1S/C27H37NO6.ClH/c1-6-28(20-10-11-21-22(18-20)24(31-3)14-13-23(21)30-2)15-7-8-16-34-27(29)19-9-12-25(32-4)26(17-19)33-5;/h9,12-14,17,20H,6-8,10-11,15-16,18H2,1-5H3;1H. The van der Waals surface area contributed by atoms with Crippen LogP contribution in [0.15, 0.2) is 30.3 Å². The minimum atomic E-state index is -0.349. The second-order valence-corrected chi connectivity index (χ2v) is 8.37. The molecule has 0 saturated heterocycles. The van der Waals surface area contributed by atoms with Gasteiger partial charge in [-0.05, 0) is 75.5 Å². The molecule has 0 spiro atoms. The average Bonchev–Trinajstić information content (AvgIpc) is 2.89. The number of carbonyl (C=O) groups is 1. The summed E-state index contributed by atoms with van der Waals surface area (Å²) in [7, 11) is 6.57. The first-order valence-electron chi connectivity index (χ1n) is 11.9. The van der Waals surface area contributed by atoms with Crippen molar-refractivity contribution in [1.82, 2.24) is 4.90 Å². The molecule has 194 valence electrons. The van der Waals surface area contributed by atoms with Crippen molar-refractivity contribution in [1.29, 1.82) is 0 Å². The fourth-order valence-corrected chi connectivity index (χ4v) is 4.72. The minimum Gasteiger partial charge on any atom is -0.496 e. The summed E-state index contributed by atoms with van der Waals surface area (Å²) in [6.07, 6.45) is 4.82. The van der Waals surface area contributed by atoms with Crippen molar-refractivity contribution in [2.45, 2.75) is 45.1 Å². The van der Waals surface area contributed by atoms with Gasteiger partial charge in [0.15, 0.2) is 11.5 Å². The van der Waals surface area contributed by atoms with Crippen molar-refractivity contribution in [2.24, 2.45) is 0 Å². The fourth-order valence-electron chi connectivity index (χ4n) is 4.72. The maximum Gasteiger partial charge on any atom is 0.338 e. The number of likely N-dealkylation sites (N-methyl/N-ethyl adjacent to an activating group) is 1. The lowest BCUT2D eigenvalue weighted by Crippen LogP contribution is -2.40. The Labute approximate surface area is 215 Å². The van der Waals surface area contributed by atoms with Gasteiger partial charge in [-0.2, -0.15) is 0 Å². The van der Waals surface area contributed by atoms with Crippen molar-refractivity contribution in [2.75, 3.05) is 48.1 Å². The highest BCUT2D eigenvalue weighted by atomic mass is 35.5. The van der Waals surface area contributed by atoms with Crippen LogP contribution < -0.4 is 18.9 Å². The van der Waals surface area contributed by atoms with E-state index in [9.17, 15) is 4.79 Å². The fraction of sp³-hybridized carbons (Fsp3) is 0.519. The summed E-state index contributed by atoms with van der Waals surface area (Å²) in [5.41, 5.74) is 3.00. The van der Waals surface area contributed by atoms with Crippen LogP contribution in [-0.2, 0) is 17.6 Å². The predicted molar refractivity (Wildman–Crippen MR) is 139 cm³/mol. The summed E-state index contributed by atoms with van der Waals surface area (Å²) in [6, 6.07) is 9.51. The van der Waals surface area contributed by atoms with Crippen LogP contribution in [-0.4, -0.2) is 65.0 Å². The summed E-state index contributed by atoms with van der Waals surface area (Å²) in [6.45, 7) is 4.55. The predicted octanol–water partition coefficient (Wildman–Crippen LogP) is 4.96. The van der Waals surface area contributed by atoms with Gasteiger partial charge in [-0.15, -0.1) is 12.4 Å². The minimum absolute atomic E-state index is 0. The molecule has 0 heterocycles. The van der Waals surface area contributed by atoms with E-state index in [4.69, 9.17) is 23.7 Å². The van der Waals surface area contributed by atoms with Gasteiger partial charge in [0.05, 0.1) is 40.6 Å². The third-order valence-corrected chi connectivity index (χ3v) is 6.57. The van der Waals surface area contributed by atoms with E-state index in [-0.39, 0.29) is 18.4 Å². The number of benzene rings is 2. The molecule has 0 bridgehead atoms. The van der Waals surface area contributed by atoms with Crippen LogP contribution in [0, 0.1) is 0 Å². The SMILES string of the molecule is CCN(CCCCOC(=O)c1ccc(OC)c(OC)c1)C1CCc2c(OC)ccc(OC)c2C1.Cl. The van der Waals surface area contributed by atoms with E-state index in [1.807, 2.05) is 12.1 Å². The van der Waals surface area contributed by atoms with Crippen LogP contribution in [0.25, 0.3) is 0 Å². The number of rotatable bonds is 12. The van der Waals surface area contributed by atoms with Gasteiger partial charge in [-0.25, -0.2) is 4.79 Å². The molecular weight excluding hydrogens is 470 g/mol. The van der Waals surface area contributed by atoms with Crippen molar-refractivity contribution in [3.05, 3.63) is 47.0 Å². The molecule has 3 rings (SSSR count). The molecule has 2 aromatic rings. The van der Waals surface area contributed by atoms with Crippen LogP contribution in [0.4, 0.5) is 0 Å². The zero-order valence-corrected chi connectivity index (χ0v) is 22.2. The summed E-state index contributed by atoms with van der Waals surface area (Å²) in [5.74, 6) is 2.64. The molecule has 0 fully saturated rings. The van der Waals surface area contributed by atoms with Gasteiger partial charge in [-0.1, -0.05) is 6.92 Å². The smallest absolute Gasteiger partial charge is 0.338 e. The normalized spacial score (nSPS) is 14.5. The van der Waals surface area contributed by atoms with Gasteiger partial charge >= 0.3 is 5.97 Å². The number of carbonyl (C=O) groups excluding carboxylic acids is 1. The lowest BCUT2D eigenvalue weighted by Gasteiger charge is -2.35. The van der Waals surface area contributed by atoms with E-state index >= 15 is 0 Å². The van der Waals surface area contributed by atoms with Crippen molar-refractivity contribution < 1.29 is 28.5 Å². The lowest BCUT2D eigenvalue weighted by molar-refractivity contribution is 0.0492. The quantitative estimate of drug-likeness (QED) is 0.297. The Morgan fingerprint density at radius 1 is 0.886 bits per heavy atom. The van der Waals surface area contributed by atoms with Crippen molar-refractivity contribution in [3.8, 4) is 23.0 Å². The first-order chi connectivity index (χ1) is 16.6.